The minimum Gasteiger partial charge on any atom is -0.477 e. The Kier molecular flexibility index (Phi) is 13.0. The first-order valence-corrected chi connectivity index (χ1v) is 25.8. The molecule has 0 saturated carbocycles. The molecule has 5 heterocycles. The molecule has 0 fully saturated rings. The number of hydrogen-bond acceptors (Lipinski definition) is 5. The number of hydrogen-bond donors (Lipinski definition) is 1. The van der Waals surface area contributed by atoms with Crippen LogP contribution in [0.4, 0.5) is 17.1 Å². The lowest BCUT2D eigenvalue weighted by Gasteiger charge is -2.55. The van der Waals surface area contributed by atoms with Crippen LogP contribution >= 0.6 is 22.7 Å². The van der Waals surface area contributed by atoms with Crippen LogP contribution in [0.15, 0.2) is 66.2 Å². The normalized spacial score (nSPS) is 15.9. The molecule has 0 amide bonds. The molecule has 0 aliphatic carbocycles. The Morgan fingerprint density at radius 3 is 1.38 bits per heavy atom. The first-order valence-electron chi connectivity index (χ1n) is 24.1. The molecule has 63 heavy (non-hydrogen) atoms. The van der Waals surface area contributed by atoms with Crippen LogP contribution in [0.5, 0.6) is 0 Å². The van der Waals surface area contributed by atoms with Gasteiger partial charge in [-0.05, 0) is 118 Å². The monoisotopic (exact) mass is 876 g/mol. The Morgan fingerprint density at radius 1 is 0.571 bits per heavy atom. The highest BCUT2D eigenvalue weighted by Crippen LogP contribution is 2.67. The zero-order valence-corrected chi connectivity index (χ0v) is 40.9. The van der Waals surface area contributed by atoms with Crippen molar-refractivity contribution in [1.82, 2.24) is 0 Å². The third-order valence-corrected chi connectivity index (χ3v) is 17.1. The number of rotatable bonds is 20. The van der Waals surface area contributed by atoms with E-state index in [0.29, 0.717) is 0 Å². The van der Waals surface area contributed by atoms with Gasteiger partial charge in [0.2, 0.25) is 0 Å². The third-order valence-electron chi connectivity index (χ3n) is 14.7. The maximum atomic E-state index is 11.6. The van der Waals surface area contributed by atoms with Crippen LogP contribution in [0.3, 0.4) is 0 Å². The van der Waals surface area contributed by atoms with Gasteiger partial charge >= 0.3 is 5.97 Å². The first kappa shape index (κ1) is 45.1. The summed E-state index contributed by atoms with van der Waals surface area (Å²) < 4.78 is 0. The first-order chi connectivity index (χ1) is 30.2. The third kappa shape index (κ3) is 8.39. The predicted octanol–water partition coefficient (Wildman–Crippen LogP) is 17.1. The van der Waals surface area contributed by atoms with E-state index in [0.717, 1.165) is 27.5 Å². The molecule has 1 N–H and O–H groups in total. The number of nitriles is 1. The molecule has 0 radical (unpaired) electrons. The Labute approximate surface area is 386 Å². The minimum absolute atomic E-state index is 0.146. The van der Waals surface area contributed by atoms with Crippen molar-refractivity contribution in [2.45, 2.75) is 174 Å². The van der Waals surface area contributed by atoms with Crippen molar-refractivity contribution in [2.75, 3.05) is 4.90 Å². The number of carboxylic acids is 1. The largest absolute Gasteiger partial charge is 0.477 e. The van der Waals surface area contributed by atoms with Crippen LogP contribution in [0.1, 0.15) is 195 Å². The Morgan fingerprint density at radius 2 is 0.952 bits per heavy atom. The summed E-state index contributed by atoms with van der Waals surface area (Å²) in [6.07, 6.45) is 22.1. The van der Waals surface area contributed by atoms with Gasteiger partial charge in [0.1, 0.15) is 11.6 Å². The lowest BCUT2D eigenvalue weighted by atomic mass is 9.60. The van der Waals surface area contributed by atoms with Gasteiger partial charge in [0.15, 0.2) is 0 Å². The maximum Gasteiger partial charge on any atom is 0.346 e. The van der Waals surface area contributed by atoms with E-state index >= 15 is 0 Å². The SMILES string of the molecule is CCCCCCCCCc1cc2c3c(c1)C(C)(C)c1cc(-c4ccc(-c5ccc(/C=C(\C#N)C(=O)O)s5)s4)cc4c1N3c1c(cc(CCCCCCCCC)cc1C4(C)C)C2(C)C. The Balaban J connectivity index is 1.24. The van der Waals surface area contributed by atoms with Crippen molar-refractivity contribution >= 4 is 51.8 Å². The van der Waals surface area contributed by atoms with Gasteiger partial charge in [-0.2, -0.15) is 5.26 Å². The molecule has 0 atom stereocenters. The van der Waals surface area contributed by atoms with Crippen molar-refractivity contribution in [1.29, 1.82) is 5.26 Å². The Hall–Kier alpha value is -4.44. The van der Waals surface area contributed by atoms with Crippen LogP contribution in [0.25, 0.3) is 26.3 Å². The average molecular weight is 877 g/mol. The van der Waals surface area contributed by atoms with E-state index in [1.54, 1.807) is 11.3 Å². The van der Waals surface area contributed by atoms with Crippen LogP contribution < -0.4 is 4.90 Å². The number of unbranched alkanes of at least 4 members (excludes halogenated alkanes) is 12. The highest BCUT2D eigenvalue weighted by molar-refractivity contribution is 7.24. The van der Waals surface area contributed by atoms with E-state index in [4.69, 9.17) is 0 Å². The quantitative estimate of drug-likeness (QED) is 0.0481. The standard InChI is InChI=1S/C57H68N2O2S2/c1-9-11-13-15-17-19-21-23-37-29-42-51-44(31-37)56(5,6)46-34-39(48-27-28-50(63-48)49-26-25-41(62-49)33-40(36-58)54(60)61)35-47-53(46)59(51)52-43(55(42,3)4)30-38(32-45(52)57(47,7)8)24-22-20-18-16-14-12-10-2/h25-35H,9-24H2,1-8H3,(H,60,61)/b40-33+. The molecule has 0 saturated heterocycles. The number of carbonyl (C=O) groups is 1. The van der Waals surface area contributed by atoms with Gasteiger partial charge in [0.25, 0.3) is 0 Å². The molecule has 3 aliphatic rings. The van der Waals surface area contributed by atoms with Gasteiger partial charge in [-0.1, -0.05) is 157 Å². The van der Waals surface area contributed by atoms with Crippen molar-refractivity contribution < 1.29 is 9.90 Å². The van der Waals surface area contributed by atoms with Crippen LogP contribution in [-0.2, 0) is 33.9 Å². The van der Waals surface area contributed by atoms with Gasteiger partial charge in [-0.15, -0.1) is 22.7 Å². The van der Waals surface area contributed by atoms with Gasteiger partial charge in [0, 0.05) is 35.8 Å². The van der Waals surface area contributed by atoms with Crippen molar-refractivity contribution in [2.24, 2.45) is 0 Å². The zero-order chi connectivity index (χ0) is 44.7. The van der Waals surface area contributed by atoms with E-state index in [9.17, 15) is 15.2 Å². The topological polar surface area (TPSA) is 64.3 Å². The van der Waals surface area contributed by atoms with E-state index in [1.165, 1.54) is 179 Å². The van der Waals surface area contributed by atoms with Crippen LogP contribution in [0.2, 0.25) is 0 Å². The zero-order valence-electron chi connectivity index (χ0n) is 39.2. The molecule has 3 aliphatic heterocycles. The Bertz CT molecular complexity index is 2480. The molecule has 0 spiro atoms. The van der Waals surface area contributed by atoms with Gasteiger partial charge < -0.3 is 10.0 Å². The summed E-state index contributed by atoms with van der Waals surface area (Å²) in [5.74, 6) is -1.20. The summed E-state index contributed by atoms with van der Waals surface area (Å²) in [6, 6.07) is 25.6. The number of aliphatic carboxylic acids is 1. The summed E-state index contributed by atoms with van der Waals surface area (Å²) in [5, 5.41) is 18.8. The predicted molar refractivity (Wildman–Crippen MR) is 269 cm³/mol. The lowest BCUT2D eigenvalue weighted by molar-refractivity contribution is -0.132. The van der Waals surface area contributed by atoms with E-state index < -0.39 is 5.97 Å². The second-order valence-electron chi connectivity index (χ2n) is 20.3. The summed E-state index contributed by atoms with van der Waals surface area (Å²) >= 11 is 3.31. The van der Waals surface area contributed by atoms with Gasteiger partial charge in [0.05, 0.1) is 17.1 Å². The summed E-state index contributed by atoms with van der Waals surface area (Å²) in [4.78, 5) is 18.5. The van der Waals surface area contributed by atoms with Gasteiger partial charge in [-0.3, -0.25) is 0 Å². The van der Waals surface area contributed by atoms with Crippen LogP contribution in [-0.4, -0.2) is 11.1 Å². The number of nitrogens with zero attached hydrogens (tertiary/aromatic N) is 2. The second kappa shape index (κ2) is 18.2. The highest BCUT2D eigenvalue weighted by atomic mass is 32.1. The fourth-order valence-electron chi connectivity index (χ4n) is 10.9. The molecule has 2 aromatic heterocycles. The number of anilines is 3. The van der Waals surface area contributed by atoms with E-state index in [1.807, 2.05) is 18.2 Å². The maximum absolute atomic E-state index is 11.6. The number of benzene rings is 3. The van der Waals surface area contributed by atoms with Crippen LogP contribution in [0, 0.1) is 11.3 Å². The highest BCUT2D eigenvalue weighted by Gasteiger charge is 2.52. The molecule has 330 valence electrons. The number of aryl methyl sites for hydroxylation is 2. The smallest absolute Gasteiger partial charge is 0.346 e. The molecule has 3 aromatic carbocycles. The van der Waals surface area contributed by atoms with Crippen molar-refractivity contribution in [3.05, 3.63) is 116 Å². The van der Waals surface area contributed by atoms with Crippen molar-refractivity contribution in [3.8, 4) is 26.3 Å². The van der Waals surface area contributed by atoms with E-state index in [-0.39, 0.29) is 21.8 Å². The summed E-state index contributed by atoms with van der Waals surface area (Å²) in [6.45, 7) is 19.5. The molecular formula is C57H68N2O2S2. The number of thiophene rings is 2. The molecule has 5 aromatic rings. The second-order valence-corrected chi connectivity index (χ2v) is 22.5. The van der Waals surface area contributed by atoms with Crippen molar-refractivity contribution in [3.63, 3.8) is 0 Å². The fourth-order valence-corrected chi connectivity index (χ4v) is 12.9. The average Bonchev–Trinajstić information content (AvgIpc) is 3.95. The molecule has 8 rings (SSSR count). The van der Waals surface area contributed by atoms with Gasteiger partial charge in [-0.25, -0.2) is 4.79 Å². The molecular weight excluding hydrogens is 809 g/mol. The lowest BCUT2D eigenvalue weighted by Crippen LogP contribution is -2.44. The molecule has 6 heteroatoms. The summed E-state index contributed by atoms with van der Waals surface area (Å²) in [7, 11) is 0. The minimum atomic E-state index is -1.20. The van der Waals surface area contributed by atoms with E-state index in [2.05, 4.69) is 109 Å². The number of carboxylic acid groups (broad SMARTS) is 1. The summed E-state index contributed by atoms with van der Waals surface area (Å²) in [5.41, 5.74) is 16.2. The molecule has 0 bridgehead atoms. The fraction of sp³-hybridized carbons (Fsp3) is 0.474. The molecule has 0 unspecified atom stereocenters. The molecule has 4 nitrogen and oxygen atoms in total.